The minimum atomic E-state index is -1.43. The molecule has 0 unspecified atom stereocenters. The van der Waals surface area contributed by atoms with Crippen LogP contribution in [0.25, 0.3) is 0 Å². The zero-order valence-electron chi connectivity index (χ0n) is 15.0. The maximum atomic E-state index is 13.2. The average Bonchev–Trinajstić information content (AvgIpc) is 3.19. The van der Waals surface area contributed by atoms with E-state index >= 15 is 0 Å². The largest absolute Gasteiger partial charge is 0.383 e. The normalized spacial score (nSPS) is 30.7. The minimum Gasteiger partial charge on any atom is -0.383 e. The molecule has 3 heterocycles. The van der Waals surface area contributed by atoms with Crippen molar-refractivity contribution in [1.29, 1.82) is 0 Å². The number of halogens is 1. The molecule has 9 nitrogen and oxygen atoms in total. The van der Waals surface area contributed by atoms with Crippen LogP contribution < -0.4 is 16.4 Å². The number of hydrogen-bond donors (Lipinski definition) is 3. The summed E-state index contributed by atoms with van der Waals surface area (Å²) in [6, 6.07) is 4.54. The van der Waals surface area contributed by atoms with E-state index in [1.165, 1.54) is 7.11 Å². The number of ether oxygens (including phenoxy) is 1. The molecule has 148 valence electrons. The zero-order valence-corrected chi connectivity index (χ0v) is 16.6. The van der Waals surface area contributed by atoms with Crippen molar-refractivity contribution >= 4 is 45.2 Å². The molecule has 0 aliphatic carbocycles. The molecule has 3 aliphatic heterocycles. The molecule has 2 saturated heterocycles. The monoisotopic (exact) mass is 450 g/mol. The number of fused-ring (bicyclic) bond motifs is 4. The number of imide groups is 1. The van der Waals surface area contributed by atoms with Crippen LogP contribution in [0.5, 0.6) is 0 Å². The van der Waals surface area contributed by atoms with Crippen molar-refractivity contribution in [1.82, 2.24) is 10.2 Å². The number of nitrogens with two attached hydrogens (primary N) is 1. The number of rotatable bonds is 5. The van der Waals surface area contributed by atoms with Crippen LogP contribution in [0.1, 0.15) is 12.0 Å². The quantitative estimate of drug-likeness (QED) is 0.527. The predicted octanol–water partition coefficient (Wildman–Crippen LogP) is -0.309. The Balaban J connectivity index is 1.85. The third-order valence-electron chi connectivity index (χ3n) is 5.71. The van der Waals surface area contributed by atoms with Gasteiger partial charge in [-0.3, -0.25) is 29.4 Å². The Morgan fingerprint density at radius 2 is 2.07 bits per heavy atom. The van der Waals surface area contributed by atoms with Gasteiger partial charge in [0.05, 0.1) is 25.0 Å². The summed E-state index contributed by atoms with van der Waals surface area (Å²) in [5.41, 5.74) is 5.08. The molecule has 0 saturated carbocycles. The molecule has 4 N–H and O–H groups in total. The van der Waals surface area contributed by atoms with Crippen molar-refractivity contribution in [2.24, 2.45) is 17.6 Å². The number of primary amides is 1. The predicted molar refractivity (Wildman–Crippen MR) is 101 cm³/mol. The molecule has 4 atom stereocenters. The molecule has 4 rings (SSSR count). The van der Waals surface area contributed by atoms with Crippen LogP contribution in [0.3, 0.4) is 0 Å². The van der Waals surface area contributed by atoms with Gasteiger partial charge in [0, 0.05) is 35.3 Å². The van der Waals surface area contributed by atoms with E-state index in [0.29, 0.717) is 11.3 Å². The molecule has 1 aromatic rings. The molecule has 10 heteroatoms. The van der Waals surface area contributed by atoms with Crippen LogP contribution in [0.15, 0.2) is 22.7 Å². The first kappa shape index (κ1) is 19.0. The van der Waals surface area contributed by atoms with E-state index in [1.54, 1.807) is 18.2 Å². The highest BCUT2D eigenvalue weighted by Crippen LogP contribution is 2.53. The molecule has 28 heavy (non-hydrogen) atoms. The second-order valence-corrected chi connectivity index (χ2v) is 8.11. The smallest absolute Gasteiger partial charge is 0.250 e. The van der Waals surface area contributed by atoms with Gasteiger partial charge < -0.3 is 15.8 Å². The summed E-state index contributed by atoms with van der Waals surface area (Å²) in [7, 11) is 1.48. The summed E-state index contributed by atoms with van der Waals surface area (Å²) >= 11 is 3.40. The van der Waals surface area contributed by atoms with Crippen LogP contribution in [0, 0.1) is 11.8 Å². The maximum Gasteiger partial charge on any atom is 0.250 e. The van der Waals surface area contributed by atoms with Gasteiger partial charge >= 0.3 is 0 Å². The summed E-state index contributed by atoms with van der Waals surface area (Å²) < 4.78 is 5.73. The SMILES string of the molecule is COCCN1C(=O)[C@@H]2[C@H](CC(N)=O)N[C@]3(C(=O)Nc4ccc(Br)cc43)[C@@H]2C1=O. The van der Waals surface area contributed by atoms with Crippen LogP contribution >= 0.6 is 15.9 Å². The van der Waals surface area contributed by atoms with Gasteiger partial charge in [0.2, 0.25) is 23.6 Å². The number of benzene rings is 1. The van der Waals surface area contributed by atoms with Gasteiger partial charge in [0.15, 0.2) is 0 Å². The third kappa shape index (κ3) is 2.51. The number of anilines is 1. The molecule has 0 aromatic heterocycles. The van der Waals surface area contributed by atoms with E-state index in [0.717, 1.165) is 9.37 Å². The Labute approximate surface area is 169 Å². The number of hydrogen-bond acceptors (Lipinski definition) is 6. The Hall–Kier alpha value is -2.30. The van der Waals surface area contributed by atoms with E-state index in [-0.39, 0.29) is 19.6 Å². The van der Waals surface area contributed by atoms with Crippen LogP contribution in [-0.4, -0.2) is 54.8 Å². The van der Waals surface area contributed by atoms with Gasteiger partial charge in [-0.1, -0.05) is 15.9 Å². The summed E-state index contributed by atoms with van der Waals surface area (Å²) in [5, 5.41) is 5.93. The molecule has 0 radical (unpaired) electrons. The van der Waals surface area contributed by atoms with E-state index in [1.807, 2.05) is 0 Å². The number of methoxy groups -OCH3 is 1. The van der Waals surface area contributed by atoms with Crippen LogP contribution in [0.4, 0.5) is 5.69 Å². The van der Waals surface area contributed by atoms with Crippen LogP contribution in [0.2, 0.25) is 0 Å². The number of likely N-dealkylation sites (tertiary alicyclic amines) is 1. The Kier molecular flexibility index (Phi) is 4.52. The molecule has 1 spiro atoms. The van der Waals surface area contributed by atoms with Gasteiger partial charge in [0.1, 0.15) is 5.54 Å². The second kappa shape index (κ2) is 6.64. The lowest BCUT2D eigenvalue weighted by Gasteiger charge is -2.29. The summed E-state index contributed by atoms with van der Waals surface area (Å²) in [4.78, 5) is 52.1. The standard InChI is InChI=1S/C18H19BrN4O5/c1-28-5-4-23-15(25)13-11(7-12(20)24)22-18(14(13)16(23)26)9-6-8(19)2-3-10(9)21-17(18)27/h2-3,6,11,13-14,22H,4-5,7H2,1H3,(H2,20,24)(H,21,27)/t11-,13+,14-,18-/m0/s1. The van der Waals surface area contributed by atoms with E-state index in [2.05, 4.69) is 26.6 Å². The highest BCUT2D eigenvalue weighted by atomic mass is 79.9. The first-order valence-electron chi connectivity index (χ1n) is 8.83. The lowest BCUT2D eigenvalue weighted by molar-refractivity contribution is -0.143. The maximum absolute atomic E-state index is 13.2. The molecule has 2 fully saturated rings. The fourth-order valence-electron chi connectivity index (χ4n) is 4.63. The molecular weight excluding hydrogens is 432 g/mol. The first-order chi connectivity index (χ1) is 13.3. The van der Waals surface area contributed by atoms with Gasteiger partial charge in [-0.05, 0) is 18.2 Å². The van der Waals surface area contributed by atoms with Crippen molar-refractivity contribution in [2.45, 2.75) is 18.0 Å². The van der Waals surface area contributed by atoms with Crippen molar-refractivity contribution in [3.63, 3.8) is 0 Å². The molecule has 0 bridgehead atoms. The Morgan fingerprint density at radius 3 is 2.75 bits per heavy atom. The third-order valence-corrected chi connectivity index (χ3v) is 6.20. The number of nitrogens with zero attached hydrogens (tertiary/aromatic N) is 1. The second-order valence-electron chi connectivity index (χ2n) is 7.20. The number of carbonyl (C=O) groups is 4. The highest BCUT2D eigenvalue weighted by molar-refractivity contribution is 9.10. The van der Waals surface area contributed by atoms with Crippen molar-refractivity contribution in [3.8, 4) is 0 Å². The summed E-state index contributed by atoms with van der Waals surface area (Å²) in [6.45, 7) is 0.277. The number of carbonyl (C=O) groups excluding carboxylic acids is 4. The fraction of sp³-hybridized carbons (Fsp3) is 0.444. The first-order valence-corrected chi connectivity index (χ1v) is 9.62. The van der Waals surface area contributed by atoms with Gasteiger partial charge in [0.25, 0.3) is 0 Å². The lowest BCUT2D eigenvalue weighted by atomic mass is 9.76. The minimum absolute atomic E-state index is 0.0908. The van der Waals surface area contributed by atoms with Crippen LogP contribution in [-0.2, 0) is 29.5 Å². The Morgan fingerprint density at radius 1 is 1.32 bits per heavy atom. The zero-order chi connectivity index (χ0) is 20.2. The average molecular weight is 451 g/mol. The topological polar surface area (TPSA) is 131 Å². The Bertz CT molecular complexity index is 906. The molecular formula is C18H19BrN4O5. The highest BCUT2D eigenvalue weighted by Gasteiger charge is 2.70. The van der Waals surface area contributed by atoms with Crippen molar-refractivity contribution in [3.05, 3.63) is 28.2 Å². The molecule has 1 aromatic carbocycles. The molecule has 4 amide bonds. The summed E-state index contributed by atoms with van der Waals surface area (Å²) in [5.74, 6) is -3.72. The van der Waals surface area contributed by atoms with E-state index in [4.69, 9.17) is 10.5 Å². The van der Waals surface area contributed by atoms with Gasteiger partial charge in [-0.25, -0.2) is 0 Å². The number of amides is 4. The van der Waals surface area contributed by atoms with Crippen molar-refractivity contribution in [2.75, 3.05) is 25.6 Å². The lowest BCUT2D eigenvalue weighted by Crippen LogP contribution is -2.53. The van der Waals surface area contributed by atoms with E-state index in [9.17, 15) is 19.2 Å². The van der Waals surface area contributed by atoms with Crippen molar-refractivity contribution < 1.29 is 23.9 Å². The summed E-state index contributed by atoms with van der Waals surface area (Å²) in [6.07, 6.45) is -0.156. The van der Waals surface area contributed by atoms with Gasteiger partial charge in [-0.15, -0.1) is 0 Å². The molecule has 3 aliphatic rings. The number of nitrogens with one attached hydrogen (secondary N) is 2. The van der Waals surface area contributed by atoms with E-state index < -0.39 is 47.0 Å². The fourth-order valence-corrected chi connectivity index (χ4v) is 4.99. The van der Waals surface area contributed by atoms with Gasteiger partial charge in [-0.2, -0.15) is 0 Å².